The summed E-state index contributed by atoms with van der Waals surface area (Å²) in [4.78, 5) is 25.9. The molecule has 0 saturated heterocycles. The molecule has 0 saturated carbocycles. The van der Waals surface area contributed by atoms with Gasteiger partial charge in [0.05, 0.1) is 6.61 Å². The van der Waals surface area contributed by atoms with Gasteiger partial charge < -0.3 is 9.30 Å². The third-order valence-electron chi connectivity index (χ3n) is 6.04. The van der Waals surface area contributed by atoms with Crippen molar-refractivity contribution in [2.45, 2.75) is 33.2 Å². The Labute approximate surface area is 199 Å². The largest absolute Gasteiger partial charge is 0.380 e. The summed E-state index contributed by atoms with van der Waals surface area (Å²) < 4.78 is 7.81. The average Bonchev–Trinajstić information content (AvgIpc) is 3.15. The van der Waals surface area contributed by atoms with Crippen LogP contribution in [0.5, 0.6) is 0 Å². The number of hydrogen-bond donors (Lipinski definition) is 0. The number of Topliss-reactive ketones (excluding diaryl/α,β-unsaturated/α-hetero) is 1. The van der Waals surface area contributed by atoms with Crippen molar-refractivity contribution in [1.29, 1.82) is 0 Å². The summed E-state index contributed by atoms with van der Waals surface area (Å²) in [7, 11) is 0. The highest BCUT2D eigenvalue weighted by Crippen LogP contribution is 2.32. The normalized spacial score (nSPS) is 11.4. The molecular weight excluding hydrogens is 434 g/mol. The van der Waals surface area contributed by atoms with Gasteiger partial charge in [0.1, 0.15) is 0 Å². The summed E-state index contributed by atoms with van der Waals surface area (Å²) in [5, 5.41) is 1.94. The lowest BCUT2D eigenvalue weighted by Crippen LogP contribution is -2.06. The maximum atomic E-state index is 13.3. The minimum Gasteiger partial charge on any atom is -0.380 e. The monoisotopic (exact) mass is 461 g/mol. The highest BCUT2D eigenvalue weighted by atomic mass is 35.5. The molecule has 4 aromatic rings. The maximum Gasteiger partial charge on any atom is 0.193 e. The van der Waals surface area contributed by atoms with Crippen LogP contribution in [-0.4, -0.2) is 35.2 Å². The maximum absolute atomic E-state index is 13.3. The van der Waals surface area contributed by atoms with E-state index < -0.39 is 0 Å². The van der Waals surface area contributed by atoms with Gasteiger partial charge in [-0.3, -0.25) is 9.59 Å². The van der Waals surface area contributed by atoms with Gasteiger partial charge in [-0.05, 0) is 62.2 Å². The highest BCUT2D eigenvalue weighted by Gasteiger charge is 2.17. The fraction of sp³-hybridized carbons (Fsp3) is 0.286. The Morgan fingerprint density at radius 1 is 0.939 bits per heavy atom. The van der Waals surface area contributed by atoms with Gasteiger partial charge >= 0.3 is 0 Å². The molecule has 4 nitrogen and oxygen atoms in total. The molecule has 0 fully saturated rings. The number of aryl methyl sites for hydroxylation is 1. The van der Waals surface area contributed by atoms with E-state index in [1.54, 1.807) is 0 Å². The molecule has 0 aliphatic rings. The van der Waals surface area contributed by atoms with Crippen LogP contribution in [0.1, 0.15) is 51.6 Å². The zero-order valence-electron chi connectivity index (χ0n) is 19.1. The number of carbonyl (C=O) groups is 2. The van der Waals surface area contributed by atoms with E-state index in [1.165, 1.54) is 0 Å². The molecule has 0 amide bonds. The van der Waals surface area contributed by atoms with Crippen molar-refractivity contribution < 1.29 is 14.3 Å². The van der Waals surface area contributed by atoms with Crippen molar-refractivity contribution in [3.63, 3.8) is 0 Å². The molecule has 3 aromatic carbocycles. The Balaban J connectivity index is 1.85. The fourth-order valence-corrected chi connectivity index (χ4v) is 4.45. The third kappa shape index (κ3) is 4.73. The number of ketones is 2. The van der Waals surface area contributed by atoms with Gasteiger partial charge in [-0.2, -0.15) is 0 Å². The van der Waals surface area contributed by atoms with Gasteiger partial charge in [0.15, 0.2) is 11.6 Å². The van der Waals surface area contributed by atoms with Crippen molar-refractivity contribution >= 4 is 45.0 Å². The third-order valence-corrected chi connectivity index (χ3v) is 6.31. The molecule has 0 atom stereocenters. The lowest BCUT2D eigenvalue weighted by atomic mass is 9.97. The number of nitrogens with zero attached hydrogens (tertiary/aromatic N) is 1. The fourth-order valence-electron chi connectivity index (χ4n) is 4.31. The molecule has 33 heavy (non-hydrogen) atoms. The summed E-state index contributed by atoms with van der Waals surface area (Å²) in [6.07, 6.45) is 1.08. The highest BCUT2D eigenvalue weighted by molar-refractivity contribution is 6.18. The molecule has 1 aromatic heterocycles. The predicted molar refractivity (Wildman–Crippen MR) is 135 cm³/mol. The van der Waals surface area contributed by atoms with E-state index in [4.69, 9.17) is 16.3 Å². The van der Waals surface area contributed by atoms with Crippen LogP contribution in [0.4, 0.5) is 0 Å². The molecule has 5 heteroatoms. The summed E-state index contributed by atoms with van der Waals surface area (Å²) >= 11 is 5.78. The minimum absolute atomic E-state index is 0.000408. The standard InChI is InChI=1S/C28H28ClNO3/c1-3-33-16-15-30-25-12-10-20(27(31)9-6-14-29)17-23(25)24-18-21(11-13-26(24)30)28(32)22-8-5-4-7-19(22)2/h4-5,7-8,10-13,17-18H,3,6,9,14-16H2,1-2H3. The number of fused-ring (bicyclic) bond motifs is 3. The lowest BCUT2D eigenvalue weighted by Gasteiger charge is -2.08. The Bertz CT molecular complexity index is 1320. The molecule has 0 aliphatic heterocycles. The summed E-state index contributed by atoms with van der Waals surface area (Å²) in [5.41, 5.74) is 5.02. The van der Waals surface area contributed by atoms with E-state index in [0.717, 1.165) is 27.4 Å². The second kappa shape index (κ2) is 10.3. The number of rotatable bonds is 10. The quantitative estimate of drug-likeness (QED) is 0.152. The molecule has 0 aliphatic carbocycles. The van der Waals surface area contributed by atoms with E-state index in [-0.39, 0.29) is 11.6 Å². The SMILES string of the molecule is CCOCCn1c2ccc(C(=O)CCCCl)cc2c2cc(C(=O)c3ccccc3C)ccc21. The lowest BCUT2D eigenvalue weighted by molar-refractivity contribution is 0.0981. The molecule has 4 rings (SSSR count). The van der Waals surface area contributed by atoms with Crippen LogP contribution in [0.2, 0.25) is 0 Å². The molecule has 170 valence electrons. The topological polar surface area (TPSA) is 48.3 Å². The van der Waals surface area contributed by atoms with Crippen molar-refractivity contribution in [2.24, 2.45) is 0 Å². The zero-order chi connectivity index (χ0) is 23.4. The van der Waals surface area contributed by atoms with Crippen LogP contribution in [0.3, 0.4) is 0 Å². The number of aromatic nitrogens is 1. The van der Waals surface area contributed by atoms with Crippen molar-refractivity contribution in [3.8, 4) is 0 Å². The van der Waals surface area contributed by atoms with Crippen molar-refractivity contribution in [1.82, 2.24) is 4.57 Å². The van der Waals surface area contributed by atoms with Gasteiger partial charge in [-0.1, -0.05) is 24.3 Å². The Hall–Kier alpha value is -2.95. The minimum atomic E-state index is -0.000408. The molecular formula is C28H28ClNO3. The zero-order valence-corrected chi connectivity index (χ0v) is 19.8. The number of hydrogen-bond acceptors (Lipinski definition) is 3. The number of ether oxygens (including phenoxy) is 1. The molecule has 0 spiro atoms. The molecule has 0 radical (unpaired) electrons. The van der Waals surface area contributed by atoms with E-state index in [0.29, 0.717) is 55.2 Å². The van der Waals surface area contributed by atoms with Crippen LogP contribution < -0.4 is 0 Å². The van der Waals surface area contributed by atoms with Crippen LogP contribution in [0.25, 0.3) is 21.8 Å². The summed E-state index contributed by atoms with van der Waals surface area (Å²) in [5.74, 6) is 0.550. The Morgan fingerprint density at radius 2 is 1.61 bits per heavy atom. The van der Waals surface area contributed by atoms with Gasteiger partial charge in [0, 0.05) is 63.9 Å². The van der Waals surface area contributed by atoms with Crippen molar-refractivity contribution in [3.05, 3.63) is 82.9 Å². The van der Waals surface area contributed by atoms with Gasteiger partial charge in [-0.15, -0.1) is 11.6 Å². The van der Waals surface area contributed by atoms with Crippen LogP contribution in [0.15, 0.2) is 60.7 Å². The van der Waals surface area contributed by atoms with Crippen molar-refractivity contribution in [2.75, 3.05) is 19.1 Å². The predicted octanol–water partition coefficient (Wildman–Crippen LogP) is 6.57. The average molecular weight is 462 g/mol. The smallest absolute Gasteiger partial charge is 0.193 e. The molecule has 0 N–H and O–H groups in total. The van der Waals surface area contributed by atoms with Gasteiger partial charge in [0.2, 0.25) is 0 Å². The van der Waals surface area contributed by atoms with E-state index >= 15 is 0 Å². The first kappa shape index (κ1) is 23.2. The first-order valence-electron chi connectivity index (χ1n) is 11.4. The molecule has 0 unspecified atom stereocenters. The second-order valence-electron chi connectivity index (χ2n) is 8.17. The van der Waals surface area contributed by atoms with Crippen LogP contribution in [-0.2, 0) is 11.3 Å². The van der Waals surface area contributed by atoms with E-state index in [2.05, 4.69) is 4.57 Å². The molecule has 1 heterocycles. The first-order valence-corrected chi connectivity index (χ1v) is 11.9. The number of alkyl halides is 1. The summed E-state index contributed by atoms with van der Waals surface area (Å²) in [6, 6.07) is 19.3. The number of carbonyl (C=O) groups excluding carboxylic acids is 2. The molecule has 0 bridgehead atoms. The number of benzene rings is 3. The van der Waals surface area contributed by atoms with Gasteiger partial charge in [-0.25, -0.2) is 0 Å². The van der Waals surface area contributed by atoms with Crippen LogP contribution >= 0.6 is 11.6 Å². The van der Waals surface area contributed by atoms with Crippen LogP contribution in [0, 0.1) is 6.92 Å². The van der Waals surface area contributed by atoms with E-state index in [9.17, 15) is 9.59 Å². The van der Waals surface area contributed by atoms with E-state index in [1.807, 2.05) is 74.5 Å². The Morgan fingerprint density at radius 3 is 2.27 bits per heavy atom. The first-order chi connectivity index (χ1) is 16.0. The van der Waals surface area contributed by atoms with Gasteiger partial charge in [0.25, 0.3) is 0 Å². The Kier molecular flexibility index (Phi) is 7.26. The summed E-state index contributed by atoms with van der Waals surface area (Å²) in [6.45, 7) is 5.87. The second-order valence-corrected chi connectivity index (χ2v) is 8.55. The number of halogens is 1.